The summed E-state index contributed by atoms with van der Waals surface area (Å²) in [5.41, 5.74) is 0. The van der Waals surface area contributed by atoms with Crippen molar-refractivity contribution in [3.63, 3.8) is 0 Å². The van der Waals surface area contributed by atoms with Crippen molar-refractivity contribution in [2.45, 2.75) is 52.1 Å². The summed E-state index contributed by atoms with van der Waals surface area (Å²) in [5.74, 6) is -2.04. The predicted molar refractivity (Wildman–Crippen MR) is 103 cm³/mol. The summed E-state index contributed by atoms with van der Waals surface area (Å²) >= 11 is 0. The molecule has 1 aliphatic heterocycles. The average molecular weight is 380 g/mol. The van der Waals surface area contributed by atoms with Gasteiger partial charge in [-0.3, -0.25) is 14.4 Å². The van der Waals surface area contributed by atoms with Gasteiger partial charge in [-0.15, -0.1) is 0 Å². The van der Waals surface area contributed by atoms with Crippen LogP contribution < -0.4 is 10.6 Å². The topological polar surface area (TPSA) is 98.7 Å². The minimum atomic E-state index is -0.685. The van der Waals surface area contributed by atoms with E-state index in [0.29, 0.717) is 0 Å². The number of carbonyl (C=O) groups is 3. The van der Waals surface area contributed by atoms with Gasteiger partial charge in [0.2, 0.25) is 17.7 Å². The Kier molecular flexibility index (Phi) is 7.41. The molecule has 0 aromatic heterocycles. The molecule has 0 aromatic carbocycles. The molecule has 1 aliphatic carbocycles. The molecular formula is C20H33N3O4. The van der Waals surface area contributed by atoms with Gasteiger partial charge in [0, 0.05) is 25.6 Å². The molecule has 152 valence electrons. The summed E-state index contributed by atoms with van der Waals surface area (Å²) < 4.78 is 0. The summed E-state index contributed by atoms with van der Waals surface area (Å²) in [6.45, 7) is 5.87. The predicted octanol–water partition coefficient (Wildman–Crippen LogP) is 0.685. The molecule has 7 heteroatoms. The fraction of sp³-hybridized carbons (Fsp3) is 0.750. The molecule has 6 atom stereocenters. The van der Waals surface area contributed by atoms with Gasteiger partial charge in [-0.2, -0.15) is 0 Å². The van der Waals surface area contributed by atoms with Gasteiger partial charge < -0.3 is 20.6 Å². The lowest BCUT2D eigenvalue weighted by molar-refractivity contribution is -0.141. The number of allylic oxidation sites excluding steroid dienone is 1. The summed E-state index contributed by atoms with van der Waals surface area (Å²) in [7, 11) is 1.57. The first-order valence-corrected chi connectivity index (χ1v) is 10.0. The average Bonchev–Trinajstić information content (AvgIpc) is 2.93. The van der Waals surface area contributed by atoms with Crippen molar-refractivity contribution in [2.24, 2.45) is 23.7 Å². The van der Waals surface area contributed by atoms with E-state index in [4.69, 9.17) is 0 Å². The molecule has 0 bridgehead atoms. The number of hydrogen-bond donors (Lipinski definition) is 3. The minimum absolute atomic E-state index is 0.0123. The van der Waals surface area contributed by atoms with Gasteiger partial charge >= 0.3 is 0 Å². The lowest BCUT2D eigenvalue weighted by Gasteiger charge is -2.34. The molecule has 0 spiro atoms. The van der Waals surface area contributed by atoms with Gasteiger partial charge in [0.05, 0.1) is 18.4 Å². The van der Waals surface area contributed by atoms with Crippen LogP contribution in [0.15, 0.2) is 12.2 Å². The molecule has 3 amide bonds. The third-order valence-electron chi connectivity index (χ3n) is 5.85. The first-order valence-electron chi connectivity index (χ1n) is 10.0. The smallest absolute Gasteiger partial charge is 0.243 e. The van der Waals surface area contributed by atoms with Gasteiger partial charge in [0.15, 0.2) is 0 Å². The number of rotatable bonds is 8. The Hall–Kier alpha value is -1.89. The summed E-state index contributed by atoms with van der Waals surface area (Å²) in [5, 5.41) is 15.1. The van der Waals surface area contributed by atoms with E-state index < -0.39 is 17.9 Å². The van der Waals surface area contributed by atoms with Gasteiger partial charge in [0.25, 0.3) is 0 Å². The Morgan fingerprint density at radius 3 is 2.52 bits per heavy atom. The maximum absolute atomic E-state index is 13.2. The highest BCUT2D eigenvalue weighted by atomic mass is 16.3. The lowest BCUT2D eigenvalue weighted by Crippen LogP contribution is -2.50. The van der Waals surface area contributed by atoms with Crippen molar-refractivity contribution in [1.29, 1.82) is 0 Å². The van der Waals surface area contributed by atoms with Crippen molar-refractivity contribution in [3.8, 4) is 0 Å². The van der Waals surface area contributed by atoms with E-state index in [1.165, 1.54) is 4.90 Å². The van der Waals surface area contributed by atoms with Crippen LogP contribution in [0.1, 0.15) is 40.0 Å². The molecule has 7 nitrogen and oxygen atoms in total. The molecule has 1 saturated heterocycles. The molecule has 1 heterocycles. The molecular weight excluding hydrogens is 346 g/mol. The Morgan fingerprint density at radius 2 is 1.96 bits per heavy atom. The lowest BCUT2D eigenvalue weighted by atomic mass is 9.69. The standard InChI is InChI=1S/C20H33N3O4/c1-5-7-12(3)22-19(26)17-14-9-8-13(6-2)15(18(25)21-4)16(14)20(27)23(17)10-11-24/h8-9,12-17,24H,5-7,10-11H2,1-4H3,(H,21,25)(H,22,26)/t12?,13-,14+,15-,16-,17+/m1/s1. The highest BCUT2D eigenvalue weighted by Gasteiger charge is 2.56. The number of amides is 3. The summed E-state index contributed by atoms with van der Waals surface area (Å²) in [6, 6.07) is -0.673. The SMILES string of the molecule is CCCC(C)NC(=O)[C@@H]1[C@H]2C=C[C@@H](CC)[C@@H](C(=O)NC)[C@@H]2C(=O)N1CCO. The second-order valence-corrected chi connectivity index (χ2v) is 7.60. The first-order chi connectivity index (χ1) is 12.9. The highest BCUT2D eigenvalue weighted by Crippen LogP contribution is 2.44. The number of likely N-dealkylation sites (tertiary alicyclic amines) is 1. The summed E-state index contributed by atoms with van der Waals surface area (Å²) in [4.78, 5) is 40.2. The number of fused-ring (bicyclic) bond motifs is 1. The normalized spacial score (nSPS) is 30.8. The van der Waals surface area contributed by atoms with Crippen LogP contribution >= 0.6 is 0 Å². The Morgan fingerprint density at radius 1 is 1.26 bits per heavy atom. The highest BCUT2D eigenvalue weighted by molar-refractivity contribution is 5.96. The number of nitrogens with zero attached hydrogens (tertiary/aromatic N) is 1. The van der Waals surface area contributed by atoms with Crippen molar-refractivity contribution >= 4 is 17.7 Å². The molecule has 2 aliphatic rings. The van der Waals surface area contributed by atoms with Crippen LogP contribution in [0.2, 0.25) is 0 Å². The van der Waals surface area contributed by atoms with E-state index in [1.807, 2.05) is 26.0 Å². The van der Waals surface area contributed by atoms with E-state index in [0.717, 1.165) is 19.3 Å². The Labute approximate surface area is 161 Å². The molecule has 3 N–H and O–H groups in total. The number of hydrogen-bond acceptors (Lipinski definition) is 4. The van der Waals surface area contributed by atoms with Crippen LogP contribution in [0.5, 0.6) is 0 Å². The van der Waals surface area contributed by atoms with Crippen molar-refractivity contribution in [3.05, 3.63) is 12.2 Å². The van der Waals surface area contributed by atoms with Crippen molar-refractivity contribution in [1.82, 2.24) is 15.5 Å². The quantitative estimate of drug-likeness (QED) is 0.540. The minimum Gasteiger partial charge on any atom is -0.395 e. The van der Waals surface area contributed by atoms with Gasteiger partial charge in [0.1, 0.15) is 6.04 Å². The van der Waals surface area contributed by atoms with E-state index in [9.17, 15) is 19.5 Å². The fourth-order valence-electron chi connectivity index (χ4n) is 4.59. The van der Waals surface area contributed by atoms with Crippen molar-refractivity contribution < 1.29 is 19.5 Å². The van der Waals surface area contributed by atoms with E-state index >= 15 is 0 Å². The zero-order chi connectivity index (χ0) is 20.1. The van der Waals surface area contributed by atoms with E-state index in [-0.39, 0.29) is 48.8 Å². The third kappa shape index (κ3) is 4.18. The molecule has 27 heavy (non-hydrogen) atoms. The Balaban J connectivity index is 2.37. The molecule has 2 rings (SSSR count). The second kappa shape index (κ2) is 9.35. The maximum atomic E-state index is 13.2. The maximum Gasteiger partial charge on any atom is 0.243 e. The van der Waals surface area contributed by atoms with E-state index in [1.54, 1.807) is 7.05 Å². The summed E-state index contributed by atoms with van der Waals surface area (Å²) in [6.07, 6.45) is 6.47. The molecule has 0 saturated carbocycles. The van der Waals surface area contributed by atoms with Gasteiger partial charge in [-0.05, 0) is 25.7 Å². The van der Waals surface area contributed by atoms with Crippen LogP contribution in [0.4, 0.5) is 0 Å². The van der Waals surface area contributed by atoms with E-state index in [2.05, 4.69) is 17.6 Å². The number of nitrogens with one attached hydrogen (secondary N) is 2. The van der Waals surface area contributed by atoms with Crippen LogP contribution in [0.25, 0.3) is 0 Å². The van der Waals surface area contributed by atoms with Crippen LogP contribution in [-0.4, -0.2) is 60.0 Å². The van der Waals surface area contributed by atoms with Crippen LogP contribution in [0, 0.1) is 23.7 Å². The fourth-order valence-corrected chi connectivity index (χ4v) is 4.59. The zero-order valence-electron chi connectivity index (χ0n) is 16.8. The number of aliphatic hydroxyl groups is 1. The van der Waals surface area contributed by atoms with Gasteiger partial charge in [-0.1, -0.05) is 32.4 Å². The first kappa shape index (κ1) is 21.4. The largest absolute Gasteiger partial charge is 0.395 e. The monoisotopic (exact) mass is 379 g/mol. The number of carbonyl (C=O) groups excluding carboxylic acids is 3. The molecule has 1 fully saturated rings. The Bertz CT molecular complexity index is 592. The second-order valence-electron chi connectivity index (χ2n) is 7.60. The molecule has 0 radical (unpaired) electrons. The molecule has 0 aromatic rings. The van der Waals surface area contributed by atoms with Crippen LogP contribution in [0.3, 0.4) is 0 Å². The van der Waals surface area contributed by atoms with Crippen LogP contribution in [-0.2, 0) is 14.4 Å². The number of aliphatic hydroxyl groups excluding tert-OH is 1. The number of β-amino-alcohol motifs (C(OH)–C–C–N with tert-alkyl or cyclic N) is 1. The molecule has 1 unspecified atom stereocenters. The van der Waals surface area contributed by atoms with Gasteiger partial charge in [-0.25, -0.2) is 0 Å². The van der Waals surface area contributed by atoms with Crippen molar-refractivity contribution in [2.75, 3.05) is 20.2 Å². The zero-order valence-corrected chi connectivity index (χ0v) is 16.8. The third-order valence-corrected chi connectivity index (χ3v) is 5.85.